The number of aliphatic hydroxyl groups is 1. The molecule has 0 spiro atoms. The van der Waals surface area contributed by atoms with Crippen LogP contribution in [0.5, 0.6) is 5.88 Å². The van der Waals surface area contributed by atoms with Crippen molar-refractivity contribution < 1.29 is 45.7 Å². The molecule has 2 N–H and O–H groups in total. The minimum absolute atomic E-state index is 0.0674. The first kappa shape index (κ1) is 26.6. The van der Waals surface area contributed by atoms with E-state index in [1.807, 2.05) is 0 Å². The zero-order valence-electron chi connectivity index (χ0n) is 18.2. The van der Waals surface area contributed by atoms with E-state index < -0.39 is 63.1 Å². The van der Waals surface area contributed by atoms with Gasteiger partial charge in [0, 0.05) is 30.8 Å². The van der Waals surface area contributed by atoms with Gasteiger partial charge in [-0.05, 0) is 30.2 Å². The van der Waals surface area contributed by atoms with E-state index >= 15 is 0 Å². The number of nitrogens with zero attached hydrogens (tertiary/aromatic N) is 2. The number of piperidine rings is 1. The van der Waals surface area contributed by atoms with Crippen molar-refractivity contribution in [1.82, 2.24) is 9.29 Å². The Morgan fingerprint density at radius 1 is 1.31 bits per heavy atom. The summed E-state index contributed by atoms with van der Waals surface area (Å²) in [5.41, 5.74) is -1.39. The molecule has 3 rings (SSSR count). The Morgan fingerprint density at radius 3 is 2.60 bits per heavy atom. The lowest BCUT2D eigenvalue weighted by Crippen LogP contribution is -2.52. The molecule has 13 heteroatoms. The Morgan fingerprint density at radius 2 is 2.03 bits per heavy atom. The van der Waals surface area contributed by atoms with E-state index in [-0.39, 0.29) is 30.8 Å². The summed E-state index contributed by atoms with van der Waals surface area (Å²) in [4.78, 5) is 15.5. The first-order chi connectivity index (χ1) is 16.3. The Hall–Kier alpha value is -3.03. The molecule has 0 amide bonds. The normalized spacial score (nSPS) is 20.3. The Bertz CT molecular complexity index is 1190. The molecule has 190 valence electrons. The van der Waals surface area contributed by atoms with Gasteiger partial charge in [0.25, 0.3) is 0 Å². The molecule has 0 bridgehead atoms. The standard InChI is InChI=1S/C22H22F4N2O6S/c1-2-19(35(32,33)28-8-7-16(29)10-18(28)21(30)31)13-3-6-20(27-11-13)34-12-14-9-15(23)4-5-17(14)22(24,25)26/h2-6,9,11,16,18-19,29H,1,7-8,10,12H2,(H,30,31). The fourth-order valence-corrected chi connectivity index (χ4v) is 5.69. The number of aliphatic hydroxyl groups excluding tert-OH is 1. The molecule has 1 fully saturated rings. The second kappa shape index (κ2) is 10.3. The van der Waals surface area contributed by atoms with Crippen molar-refractivity contribution in [2.75, 3.05) is 6.54 Å². The van der Waals surface area contributed by atoms with Gasteiger partial charge >= 0.3 is 12.1 Å². The summed E-state index contributed by atoms with van der Waals surface area (Å²) in [6.45, 7) is 2.68. The molecule has 1 aromatic heterocycles. The monoisotopic (exact) mass is 518 g/mol. The minimum Gasteiger partial charge on any atom is -0.480 e. The molecule has 0 radical (unpaired) electrons. The predicted octanol–water partition coefficient (Wildman–Crippen LogP) is 3.29. The maximum absolute atomic E-state index is 13.4. The molecule has 35 heavy (non-hydrogen) atoms. The lowest BCUT2D eigenvalue weighted by Gasteiger charge is -2.36. The van der Waals surface area contributed by atoms with Crippen LogP contribution in [0.4, 0.5) is 17.6 Å². The molecule has 3 atom stereocenters. The summed E-state index contributed by atoms with van der Waals surface area (Å²) in [6, 6.07) is 3.07. The average Bonchev–Trinajstić information content (AvgIpc) is 2.77. The van der Waals surface area contributed by atoms with Gasteiger partial charge in [-0.25, -0.2) is 17.8 Å². The number of carbonyl (C=O) groups is 1. The zero-order chi connectivity index (χ0) is 26.0. The van der Waals surface area contributed by atoms with Crippen LogP contribution in [-0.4, -0.2) is 52.6 Å². The van der Waals surface area contributed by atoms with E-state index in [9.17, 15) is 41.0 Å². The van der Waals surface area contributed by atoms with Crippen LogP contribution in [-0.2, 0) is 27.6 Å². The summed E-state index contributed by atoms with van der Waals surface area (Å²) in [5.74, 6) is -2.41. The number of aromatic nitrogens is 1. The van der Waals surface area contributed by atoms with E-state index in [0.29, 0.717) is 18.2 Å². The number of aliphatic carboxylic acids is 1. The number of rotatable bonds is 8. The highest BCUT2D eigenvalue weighted by molar-refractivity contribution is 7.89. The second-order valence-electron chi connectivity index (χ2n) is 7.86. The van der Waals surface area contributed by atoms with Crippen LogP contribution in [0.3, 0.4) is 0 Å². The number of alkyl halides is 3. The van der Waals surface area contributed by atoms with Gasteiger partial charge in [-0.1, -0.05) is 12.1 Å². The van der Waals surface area contributed by atoms with Crippen LogP contribution in [0.15, 0.2) is 49.2 Å². The molecule has 1 aliphatic rings. The molecule has 0 saturated carbocycles. The number of sulfonamides is 1. The third kappa shape index (κ3) is 5.97. The SMILES string of the molecule is C=CC(c1ccc(OCc2cc(F)ccc2C(F)(F)F)nc1)S(=O)(=O)N1CCC(O)CC1C(=O)O. The van der Waals surface area contributed by atoms with Gasteiger partial charge in [0.05, 0.1) is 11.7 Å². The largest absolute Gasteiger partial charge is 0.480 e. The first-order valence-electron chi connectivity index (χ1n) is 10.3. The Labute approximate surface area is 198 Å². The first-order valence-corrected chi connectivity index (χ1v) is 11.8. The van der Waals surface area contributed by atoms with Crippen LogP contribution in [0.25, 0.3) is 0 Å². The molecule has 2 aromatic rings. The van der Waals surface area contributed by atoms with E-state index in [1.165, 1.54) is 12.1 Å². The van der Waals surface area contributed by atoms with Crippen LogP contribution >= 0.6 is 0 Å². The fraction of sp³-hybridized carbons (Fsp3) is 0.364. The maximum Gasteiger partial charge on any atom is 0.416 e. The lowest BCUT2D eigenvalue weighted by molar-refractivity contribution is -0.144. The third-order valence-corrected chi connectivity index (χ3v) is 7.71. The summed E-state index contributed by atoms with van der Waals surface area (Å²) < 4.78 is 85.3. The number of carboxylic acid groups (broad SMARTS) is 1. The van der Waals surface area contributed by atoms with Crippen molar-refractivity contribution in [2.24, 2.45) is 0 Å². The van der Waals surface area contributed by atoms with E-state index in [1.54, 1.807) is 0 Å². The van der Waals surface area contributed by atoms with Gasteiger partial charge in [-0.2, -0.15) is 17.5 Å². The Kier molecular flexibility index (Phi) is 7.82. The molecular formula is C22H22F4N2O6S. The van der Waals surface area contributed by atoms with Crippen LogP contribution in [0, 0.1) is 5.82 Å². The zero-order valence-corrected chi connectivity index (χ0v) is 19.0. The van der Waals surface area contributed by atoms with Crippen molar-refractivity contribution in [3.8, 4) is 5.88 Å². The maximum atomic E-state index is 13.4. The van der Waals surface area contributed by atoms with Crippen LogP contribution in [0.2, 0.25) is 0 Å². The number of hydrogen-bond acceptors (Lipinski definition) is 6. The highest BCUT2D eigenvalue weighted by Crippen LogP contribution is 2.34. The topological polar surface area (TPSA) is 117 Å². The molecule has 8 nitrogen and oxygen atoms in total. The second-order valence-corrected chi connectivity index (χ2v) is 9.87. The molecular weight excluding hydrogens is 496 g/mol. The summed E-state index contributed by atoms with van der Waals surface area (Å²) in [7, 11) is -4.26. The number of carboxylic acids is 1. The van der Waals surface area contributed by atoms with E-state index in [4.69, 9.17) is 4.74 Å². The Balaban J connectivity index is 1.79. The predicted molar refractivity (Wildman–Crippen MR) is 115 cm³/mol. The van der Waals surface area contributed by atoms with Crippen molar-refractivity contribution in [3.05, 3.63) is 71.7 Å². The minimum atomic E-state index is -4.71. The quantitative estimate of drug-likeness (QED) is 0.407. The van der Waals surface area contributed by atoms with Crippen molar-refractivity contribution in [1.29, 1.82) is 0 Å². The summed E-state index contributed by atoms with van der Waals surface area (Å²) in [5, 5.41) is 17.8. The van der Waals surface area contributed by atoms with E-state index in [2.05, 4.69) is 11.6 Å². The molecule has 1 aromatic carbocycles. The number of hydrogen-bond donors (Lipinski definition) is 2. The number of benzene rings is 1. The number of halogens is 4. The van der Waals surface area contributed by atoms with Gasteiger partial charge in [0.1, 0.15) is 23.7 Å². The molecule has 3 unspecified atom stereocenters. The van der Waals surface area contributed by atoms with Gasteiger partial charge in [-0.15, -0.1) is 6.58 Å². The molecule has 0 aliphatic carbocycles. The molecule has 2 heterocycles. The smallest absolute Gasteiger partial charge is 0.416 e. The van der Waals surface area contributed by atoms with Gasteiger partial charge in [0.2, 0.25) is 15.9 Å². The molecule has 1 saturated heterocycles. The van der Waals surface area contributed by atoms with Gasteiger partial charge in [-0.3, -0.25) is 4.79 Å². The fourth-order valence-electron chi connectivity index (χ4n) is 3.78. The summed E-state index contributed by atoms with van der Waals surface area (Å²) >= 11 is 0. The highest BCUT2D eigenvalue weighted by atomic mass is 32.2. The summed E-state index contributed by atoms with van der Waals surface area (Å²) in [6.07, 6.45) is -3.64. The van der Waals surface area contributed by atoms with Crippen molar-refractivity contribution in [2.45, 2.75) is 43.0 Å². The third-order valence-electron chi connectivity index (χ3n) is 5.51. The van der Waals surface area contributed by atoms with Crippen molar-refractivity contribution in [3.63, 3.8) is 0 Å². The number of pyridine rings is 1. The average molecular weight is 518 g/mol. The molecule has 1 aliphatic heterocycles. The highest BCUT2D eigenvalue weighted by Gasteiger charge is 2.43. The van der Waals surface area contributed by atoms with E-state index in [0.717, 1.165) is 16.6 Å². The van der Waals surface area contributed by atoms with Crippen LogP contribution in [0.1, 0.15) is 34.8 Å². The van der Waals surface area contributed by atoms with Crippen LogP contribution < -0.4 is 4.74 Å². The van der Waals surface area contributed by atoms with Gasteiger partial charge < -0.3 is 14.9 Å². The van der Waals surface area contributed by atoms with Crippen molar-refractivity contribution >= 4 is 16.0 Å². The number of ether oxygens (including phenoxy) is 1. The van der Waals surface area contributed by atoms with Gasteiger partial charge in [0.15, 0.2) is 0 Å². The lowest BCUT2D eigenvalue weighted by atomic mass is 10.0.